The number of thiophene rings is 1. The molecule has 0 radical (unpaired) electrons. The van der Waals surface area contributed by atoms with Crippen molar-refractivity contribution in [2.45, 2.75) is 18.2 Å². The summed E-state index contributed by atoms with van der Waals surface area (Å²) >= 11 is 8.98. The third-order valence-corrected chi connectivity index (χ3v) is 5.82. The minimum Gasteiger partial charge on any atom is -0.341 e. The predicted octanol–water partition coefficient (Wildman–Crippen LogP) is 4.60. The molecule has 0 atom stereocenters. The molecule has 5 nitrogen and oxygen atoms in total. The molecule has 0 unspecified atom stereocenters. The SMILES string of the molecule is C=CCn1c(SCC(=O)N(C)Cc2ccsc2)nnc1-c1ccc(Cl)cc1. The highest BCUT2D eigenvalue weighted by Gasteiger charge is 2.16. The van der Waals surface area contributed by atoms with Crippen molar-refractivity contribution in [2.24, 2.45) is 0 Å². The first-order chi connectivity index (χ1) is 13.1. The van der Waals surface area contributed by atoms with Crippen molar-refractivity contribution >= 4 is 40.6 Å². The van der Waals surface area contributed by atoms with Crippen LogP contribution in [0.25, 0.3) is 11.4 Å². The highest BCUT2D eigenvalue weighted by molar-refractivity contribution is 7.99. The number of nitrogens with zero attached hydrogens (tertiary/aromatic N) is 4. The summed E-state index contributed by atoms with van der Waals surface area (Å²) in [6.45, 7) is 4.98. The normalized spacial score (nSPS) is 10.7. The number of carbonyl (C=O) groups excluding carboxylic acids is 1. The Balaban J connectivity index is 1.70. The molecule has 1 aromatic carbocycles. The van der Waals surface area contributed by atoms with Gasteiger partial charge < -0.3 is 4.90 Å². The van der Waals surface area contributed by atoms with Crippen LogP contribution in [-0.2, 0) is 17.9 Å². The molecule has 3 rings (SSSR count). The molecular formula is C19H19ClN4OS2. The molecule has 0 saturated carbocycles. The maximum absolute atomic E-state index is 12.4. The minimum absolute atomic E-state index is 0.0485. The van der Waals surface area contributed by atoms with Gasteiger partial charge in [-0.05, 0) is 46.7 Å². The van der Waals surface area contributed by atoms with Crippen LogP contribution in [0.15, 0.2) is 58.9 Å². The molecule has 0 fully saturated rings. The number of rotatable bonds is 8. The van der Waals surface area contributed by atoms with Crippen molar-refractivity contribution in [3.63, 3.8) is 0 Å². The van der Waals surface area contributed by atoms with Crippen molar-refractivity contribution in [1.82, 2.24) is 19.7 Å². The second-order valence-corrected chi connectivity index (χ2v) is 8.04. The van der Waals surface area contributed by atoms with Crippen molar-refractivity contribution in [3.05, 3.63) is 64.3 Å². The Kier molecular flexibility index (Phi) is 6.71. The Bertz CT molecular complexity index is 906. The van der Waals surface area contributed by atoms with Gasteiger partial charge in [-0.25, -0.2) is 0 Å². The summed E-state index contributed by atoms with van der Waals surface area (Å²) in [6, 6.07) is 9.47. The third kappa shape index (κ3) is 5.00. The lowest BCUT2D eigenvalue weighted by Crippen LogP contribution is -2.27. The van der Waals surface area contributed by atoms with Crippen molar-refractivity contribution in [1.29, 1.82) is 0 Å². The maximum atomic E-state index is 12.4. The van der Waals surface area contributed by atoms with Gasteiger partial charge in [-0.15, -0.1) is 16.8 Å². The Morgan fingerprint density at radius 3 is 2.78 bits per heavy atom. The predicted molar refractivity (Wildman–Crippen MR) is 112 cm³/mol. The van der Waals surface area contributed by atoms with E-state index in [-0.39, 0.29) is 5.91 Å². The molecule has 0 N–H and O–H groups in total. The number of hydrogen-bond acceptors (Lipinski definition) is 5. The zero-order valence-corrected chi connectivity index (χ0v) is 17.2. The van der Waals surface area contributed by atoms with Gasteiger partial charge in [-0.3, -0.25) is 9.36 Å². The van der Waals surface area contributed by atoms with Gasteiger partial charge in [0.05, 0.1) is 5.75 Å². The minimum atomic E-state index is 0.0485. The van der Waals surface area contributed by atoms with Crippen LogP contribution in [0.2, 0.25) is 5.02 Å². The summed E-state index contributed by atoms with van der Waals surface area (Å²) < 4.78 is 1.95. The summed E-state index contributed by atoms with van der Waals surface area (Å²) in [5.74, 6) is 1.08. The van der Waals surface area contributed by atoms with Crippen molar-refractivity contribution in [3.8, 4) is 11.4 Å². The lowest BCUT2D eigenvalue weighted by atomic mass is 10.2. The average molecular weight is 419 g/mol. The van der Waals surface area contributed by atoms with E-state index in [0.717, 1.165) is 17.0 Å². The molecular weight excluding hydrogens is 400 g/mol. The van der Waals surface area contributed by atoms with E-state index in [0.29, 0.717) is 29.0 Å². The fourth-order valence-electron chi connectivity index (χ4n) is 2.48. The Morgan fingerprint density at radius 1 is 1.33 bits per heavy atom. The largest absolute Gasteiger partial charge is 0.341 e. The summed E-state index contributed by atoms with van der Waals surface area (Å²) in [5.41, 5.74) is 2.06. The number of halogens is 1. The zero-order valence-electron chi connectivity index (χ0n) is 14.8. The van der Waals surface area contributed by atoms with Gasteiger partial charge in [0.15, 0.2) is 11.0 Å². The maximum Gasteiger partial charge on any atom is 0.233 e. The second-order valence-electron chi connectivity index (χ2n) is 5.88. The third-order valence-electron chi connectivity index (χ3n) is 3.88. The molecule has 8 heteroatoms. The lowest BCUT2D eigenvalue weighted by Gasteiger charge is -2.16. The second kappa shape index (κ2) is 9.21. The summed E-state index contributed by atoms with van der Waals surface area (Å²) in [6.07, 6.45) is 1.79. The monoisotopic (exact) mass is 418 g/mol. The van der Waals surface area contributed by atoms with E-state index in [1.807, 2.05) is 47.3 Å². The van der Waals surface area contributed by atoms with E-state index in [2.05, 4.69) is 22.2 Å². The first kappa shape index (κ1) is 19.7. The van der Waals surface area contributed by atoms with Crippen LogP contribution < -0.4 is 0 Å². The van der Waals surface area contributed by atoms with E-state index >= 15 is 0 Å². The van der Waals surface area contributed by atoms with Gasteiger partial charge in [-0.1, -0.05) is 29.4 Å². The number of thioether (sulfide) groups is 1. The molecule has 1 amide bonds. The van der Waals surface area contributed by atoms with Gasteiger partial charge in [0, 0.05) is 30.7 Å². The fraction of sp³-hybridized carbons (Fsp3) is 0.211. The number of aromatic nitrogens is 3. The van der Waals surface area contributed by atoms with Crippen LogP contribution in [0.5, 0.6) is 0 Å². The molecule has 2 aromatic heterocycles. The molecule has 0 spiro atoms. The van der Waals surface area contributed by atoms with E-state index in [1.165, 1.54) is 11.8 Å². The van der Waals surface area contributed by atoms with Gasteiger partial charge in [0.25, 0.3) is 0 Å². The Morgan fingerprint density at radius 2 is 2.11 bits per heavy atom. The van der Waals surface area contributed by atoms with Gasteiger partial charge in [0.1, 0.15) is 0 Å². The summed E-state index contributed by atoms with van der Waals surface area (Å²) in [5, 5.41) is 14.0. The standard InChI is InChI=1S/C19H19ClN4OS2/c1-3-9-24-18(15-4-6-16(20)7-5-15)21-22-19(24)27-13-17(25)23(2)11-14-8-10-26-12-14/h3-8,10,12H,1,9,11,13H2,2H3. The topological polar surface area (TPSA) is 51.0 Å². The first-order valence-electron chi connectivity index (χ1n) is 8.26. The van der Waals surface area contributed by atoms with Crippen LogP contribution in [0.4, 0.5) is 0 Å². The quantitative estimate of drug-likeness (QED) is 0.396. The van der Waals surface area contributed by atoms with E-state index in [1.54, 1.807) is 22.3 Å². The van der Waals surface area contributed by atoms with Crippen LogP contribution in [0.1, 0.15) is 5.56 Å². The van der Waals surface area contributed by atoms with Crippen molar-refractivity contribution < 1.29 is 4.79 Å². The van der Waals surface area contributed by atoms with Crippen LogP contribution >= 0.6 is 34.7 Å². The highest BCUT2D eigenvalue weighted by atomic mass is 35.5. The van der Waals surface area contributed by atoms with E-state index in [4.69, 9.17) is 11.6 Å². The van der Waals surface area contributed by atoms with Gasteiger partial charge in [-0.2, -0.15) is 11.3 Å². The molecule has 0 aliphatic carbocycles. The number of carbonyl (C=O) groups is 1. The number of allylic oxidation sites excluding steroid dienone is 1. The molecule has 0 bridgehead atoms. The number of amides is 1. The van der Waals surface area contributed by atoms with Crippen LogP contribution in [0.3, 0.4) is 0 Å². The van der Waals surface area contributed by atoms with Crippen LogP contribution in [0, 0.1) is 0 Å². The average Bonchev–Trinajstić information content (AvgIpc) is 3.31. The van der Waals surface area contributed by atoms with E-state index in [9.17, 15) is 4.79 Å². The van der Waals surface area contributed by atoms with Gasteiger partial charge >= 0.3 is 0 Å². The Hall–Kier alpha value is -2.09. The lowest BCUT2D eigenvalue weighted by molar-refractivity contribution is -0.127. The fourth-order valence-corrected chi connectivity index (χ4v) is 4.16. The molecule has 3 aromatic rings. The van der Waals surface area contributed by atoms with Crippen molar-refractivity contribution in [2.75, 3.05) is 12.8 Å². The van der Waals surface area contributed by atoms with E-state index < -0.39 is 0 Å². The smallest absolute Gasteiger partial charge is 0.233 e. The molecule has 2 heterocycles. The number of benzene rings is 1. The Labute approximate surface area is 171 Å². The molecule has 0 aliphatic rings. The van der Waals surface area contributed by atoms with Crippen LogP contribution in [-0.4, -0.2) is 38.4 Å². The number of hydrogen-bond donors (Lipinski definition) is 0. The van der Waals surface area contributed by atoms with Gasteiger partial charge in [0.2, 0.25) is 5.91 Å². The molecule has 140 valence electrons. The molecule has 0 aliphatic heterocycles. The molecule has 27 heavy (non-hydrogen) atoms. The first-order valence-corrected chi connectivity index (χ1v) is 10.6. The summed E-state index contributed by atoms with van der Waals surface area (Å²) in [7, 11) is 1.81. The zero-order chi connectivity index (χ0) is 19.2. The summed E-state index contributed by atoms with van der Waals surface area (Å²) in [4.78, 5) is 14.2. The molecule has 0 saturated heterocycles. The highest BCUT2D eigenvalue weighted by Crippen LogP contribution is 2.25.